The smallest absolute Gasteiger partial charge is 0.317 e. The Labute approximate surface area is 111 Å². The number of rotatable bonds is 8. The van der Waals surface area contributed by atoms with Crippen LogP contribution in [0, 0.1) is 0 Å². The van der Waals surface area contributed by atoms with E-state index in [0.717, 1.165) is 32.5 Å². The number of nitrogens with one attached hydrogen (secondary N) is 1. The second kappa shape index (κ2) is 8.28. The maximum absolute atomic E-state index is 12.3. The molecule has 0 aliphatic carbocycles. The molecule has 0 unspecified atom stereocenters. The van der Waals surface area contributed by atoms with Crippen LogP contribution in [0.25, 0.3) is 0 Å². The van der Waals surface area contributed by atoms with Gasteiger partial charge >= 0.3 is 7.60 Å². The van der Waals surface area contributed by atoms with Gasteiger partial charge in [0.05, 0.1) is 19.4 Å². The first-order chi connectivity index (χ1) is 8.63. The van der Waals surface area contributed by atoms with E-state index in [4.69, 9.17) is 9.05 Å². The van der Waals surface area contributed by atoms with Gasteiger partial charge in [-0.15, -0.1) is 0 Å². The van der Waals surface area contributed by atoms with Crippen LogP contribution in [-0.2, 0) is 13.6 Å². The number of piperidine rings is 1. The molecule has 0 radical (unpaired) electrons. The molecule has 0 aromatic rings. The summed E-state index contributed by atoms with van der Waals surface area (Å²) in [5, 5.41) is 3.31. The Morgan fingerprint density at radius 2 is 1.78 bits per heavy atom. The van der Waals surface area contributed by atoms with E-state index < -0.39 is 7.60 Å². The van der Waals surface area contributed by atoms with Crippen LogP contribution in [-0.4, -0.2) is 57.0 Å². The average molecular weight is 278 g/mol. The largest absolute Gasteiger partial charge is 0.331 e. The van der Waals surface area contributed by atoms with Gasteiger partial charge in [0.2, 0.25) is 0 Å². The van der Waals surface area contributed by atoms with Crippen molar-refractivity contribution in [3.05, 3.63) is 0 Å². The summed E-state index contributed by atoms with van der Waals surface area (Å²) < 4.78 is 22.9. The lowest BCUT2D eigenvalue weighted by Crippen LogP contribution is -2.42. The summed E-state index contributed by atoms with van der Waals surface area (Å²) in [5.41, 5.74) is 0. The van der Waals surface area contributed by atoms with Crippen molar-refractivity contribution in [3.63, 3.8) is 0 Å². The SMILES string of the molecule is CCOP(=O)(CCN1CCC(NC)CC1)OCC. The average Bonchev–Trinajstić information content (AvgIpc) is 2.38. The Kier molecular flexibility index (Phi) is 7.42. The predicted octanol–water partition coefficient (Wildman–Crippen LogP) is 1.94. The van der Waals surface area contributed by atoms with Crippen LogP contribution in [0.2, 0.25) is 0 Å². The molecule has 1 heterocycles. The predicted molar refractivity (Wildman–Crippen MR) is 74.2 cm³/mol. The number of hydrogen-bond acceptors (Lipinski definition) is 5. The van der Waals surface area contributed by atoms with E-state index in [2.05, 4.69) is 10.2 Å². The first kappa shape index (κ1) is 16.1. The summed E-state index contributed by atoms with van der Waals surface area (Å²) in [6.45, 7) is 7.51. The molecular weight excluding hydrogens is 251 g/mol. The Balaban J connectivity index is 2.32. The number of hydrogen-bond donors (Lipinski definition) is 1. The van der Waals surface area contributed by atoms with Crippen LogP contribution in [0.3, 0.4) is 0 Å². The fraction of sp³-hybridized carbons (Fsp3) is 1.00. The van der Waals surface area contributed by atoms with Gasteiger partial charge in [-0.2, -0.15) is 0 Å². The van der Waals surface area contributed by atoms with Crippen LogP contribution in [0.1, 0.15) is 26.7 Å². The third-order valence-electron chi connectivity index (χ3n) is 3.34. The molecular formula is C12H27N2O3P. The lowest BCUT2D eigenvalue weighted by molar-refractivity contribution is 0.192. The van der Waals surface area contributed by atoms with Gasteiger partial charge in [-0.3, -0.25) is 4.57 Å². The van der Waals surface area contributed by atoms with Crippen molar-refractivity contribution < 1.29 is 13.6 Å². The van der Waals surface area contributed by atoms with E-state index in [0.29, 0.717) is 25.4 Å². The topological polar surface area (TPSA) is 50.8 Å². The van der Waals surface area contributed by atoms with Crippen molar-refractivity contribution in [3.8, 4) is 0 Å². The van der Waals surface area contributed by atoms with Crippen molar-refractivity contribution in [2.75, 3.05) is 46.1 Å². The van der Waals surface area contributed by atoms with E-state index in [9.17, 15) is 4.57 Å². The molecule has 0 aromatic carbocycles. The van der Waals surface area contributed by atoms with Gasteiger partial charge in [0.15, 0.2) is 0 Å². The Bertz CT molecular complexity index is 258. The molecule has 0 atom stereocenters. The van der Waals surface area contributed by atoms with Crippen molar-refractivity contribution >= 4 is 7.60 Å². The minimum atomic E-state index is -2.87. The maximum atomic E-state index is 12.3. The highest BCUT2D eigenvalue weighted by Gasteiger charge is 2.25. The standard InChI is InChI=1S/C12H27N2O3P/c1-4-16-18(15,17-5-2)11-10-14-8-6-12(13-3)7-9-14/h12-13H,4-11H2,1-3H3. The molecule has 1 fully saturated rings. The summed E-state index contributed by atoms with van der Waals surface area (Å²) in [6.07, 6.45) is 2.81. The second-order valence-electron chi connectivity index (χ2n) is 4.57. The second-order valence-corrected chi connectivity index (χ2v) is 6.76. The zero-order chi connectivity index (χ0) is 13.4. The third kappa shape index (κ3) is 5.37. The van der Waals surface area contributed by atoms with Gasteiger partial charge in [-0.25, -0.2) is 0 Å². The van der Waals surface area contributed by atoms with Gasteiger partial charge in [-0.05, 0) is 46.8 Å². The molecule has 18 heavy (non-hydrogen) atoms. The van der Waals surface area contributed by atoms with E-state index in [-0.39, 0.29) is 0 Å². The molecule has 0 amide bonds. The molecule has 1 rings (SSSR count). The van der Waals surface area contributed by atoms with Crippen LogP contribution < -0.4 is 5.32 Å². The van der Waals surface area contributed by atoms with Crippen LogP contribution in [0.15, 0.2) is 0 Å². The summed E-state index contributed by atoms with van der Waals surface area (Å²) in [4.78, 5) is 2.35. The van der Waals surface area contributed by atoms with Crippen LogP contribution in [0.5, 0.6) is 0 Å². The highest BCUT2D eigenvalue weighted by atomic mass is 31.2. The molecule has 1 aliphatic rings. The van der Waals surface area contributed by atoms with Gasteiger partial charge in [0, 0.05) is 12.6 Å². The fourth-order valence-electron chi connectivity index (χ4n) is 2.27. The summed E-state index contributed by atoms with van der Waals surface area (Å²) in [7, 11) is -0.853. The van der Waals surface area contributed by atoms with Crippen LogP contribution in [0.4, 0.5) is 0 Å². The molecule has 0 bridgehead atoms. The minimum Gasteiger partial charge on any atom is -0.317 e. The molecule has 6 heteroatoms. The summed E-state index contributed by atoms with van der Waals surface area (Å²) >= 11 is 0. The van der Waals surface area contributed by atoms with E-state index in [1.807, 2.05) is 20.9 Å². The zero-order valence-electron chi connectivity index (χ0n) is 11.9. The van der Waals surface area contributed by atoms with Gasteiger partial charge in [0.1, 0.15) is 0 Å². The highest BCUT2D eigenvalue weighted by molar-refractivity contribution is 7.53. The van der Waals surface area contributed by atoms with Gasteiger partial charge in [0.25, 0.3) is 0 Å². The Hall–Kier alpha value is 0.0700. The number of nitrogens with zero attached hydrogens (tertiary/aromatic N) is 1. The fourth-order valence-corrected chi connectivity index (χ4v) is 3.92. The maximum Gasteiger partial charge on any atom is 0.331 e. The van der Waals surface area contributed by atoms with Crippen molar-refractivity contribution in [1.29, 1.82) is 0 Å². The molecule has 0 aromatic heterocycles. The molecule has 0 spiro atoms. The minimum absolute atomic E-state index is 0.444. The first-order valence-electron chi connectivity index (χ1n) is 6.91. The number of likely N-dealkylation sites (tertiary alicyclic amines) is 1. The monoisotopic (exact) mass is 278 g/mol. The molecule has 5 nitrogen and oxygen atoms in total. The summed E-state index contributed by atoms with van der Waals surface area (Å²) in [5.74, 6) is 0. The lowest BCUT2D eigenvalue weighted by Gasteiger charge is -2.32. The Morgan fingerprint density at radius 1 is 1.22 bits per heavy atom. The lowest BCUT2D eigenvalue weighted by atomic mass is 10.1. The molecule has 1 N–H and O–H groups in total. The highest BCUT2D eigenvalue weighted by Crippen LogP contribution is 2.47. The van der Waals surface area contributed by atoms with E-state index in [1.165, 1.54) is 0 Å². The summed E-state index contributed by atoms with van der Waals surface area (Å²) in [6, 6.07) is 0.631. The normalized spacial score (nSPS) is 19.3. The Morgan fingerprint density at radius 3 is 2.22 bits per heavy atom. The van der Waals surface area contributed by atoms with Gasteiger partial charge in [-0.1, -0.05) is 0 Å². The third-order valence-corrected chi connectivity index (χ3v) is 5.39. The first-order valence-corrected chi connectivity index (χ1v) is 8.64. The van der Waals surface area contributed by atoms with Crippen molar-refractivity contribution in [1.82, 2.24) is 10.2 Å². The zero-order valence-corrected chi connectivity index (χ0v) is 12.7. The van der Waals surface area contributed by atoms with Crippen molar-refractivity contribution in [2.45, 2.75) is 32.7 Å². The molecule has 0 saturated carbocycles. The van der Waals surface area contributed by atoms with E-state index in [1.54, 1.807) is 0 Å². The van der Waals surface area contributed by atoms with Crippen molar-refractivity contribution in [2.24, 2.45) is 0 Å². The van der Waals surface area contributed by atoms with Gasteiger partial charge < -0.3 is 19.3 Å². The van der Waals surface area contributed by atoms with E-state index >= 15 is 0 Å². The van der Waals surface area contributed by atoms with Crippen LogP contribution >= 0.6 is 7.60 Å². The quantitative estimate of drug-likeness (QED) is 0.688. The molecule has 108 valence electrons. The molecule has 1 aliphatic heterocycles. The molecule has 1 saturated heterocycles.